The monoisotopic (exact) mass is 335 g/mol. The van der Waals surface area contributed by atoms with Crippen LogP contribution >= 0.6 is 0 Å². The number of carbonyl (C=O) groups excluding carboxylic acids is 2. The summed E-state index contributed by atoms with van der Waals surface area (Å²) in [5, 5.41) is 5.16. The minimum Gasteiger partial charge on any atom is -0.321 e. The average Bonchev–Trinajstić information content (AvgIpc) is 2.64. The number of nitrogens with zero attached hydrogens (tertiary/aromatic N) is 1. The van der Waals surface area contributed by atoms with Gasteiger partial charge in [-0.3, -0.25) is 14.6 Å². The first-order valence-corrected chi connectivity index (χ1v) is 7.52. The van der Waals surface area contributed by atoms with Gasteiger partial charge in [-0.1, -0.05) is 30.3 Å². The number of pyridine rings is 1. The maximum atomic E-state index is 13.6. The number of carbonyl (C=O) groups is 2. The Morgan fingerprint density at radius 1 is 0.840 bits per heavy atom. The van der Waals surface area contributed by atoms with Gasteiger partial charge < -0.3 is 10.6 Å². The second-order valence-electron chi connectivity index (χ2n) is 5.18. The van der Waals surface area contributed by atoms with Crippen molar-refractivity contribution in [3.63, 3.8) is 0 Å². The molecule has 0 aliphatic carbocycles. The number of anilines is 2. The fraction of sp³-hybridized carbons (Fsp3) is 0. The minimum atomic E-state index is -0.535. The highest BCUT2D eigenvalue weighted by molar-refractivity contribution is 6.07. The lowest BCUT2D eigenvalue weighted by atomic mass is 10.2. The van der Waals surface area contributed by atoms with Gasteiger partial charge in [0.2, 0.25) is 0 Å². The topological polar surface area (TPSA) is 71.1 Å². The molecule has 2 amide bonds. The molecule has 0 radical (unpaired) electrons. The van der Waals surface area contributed by atoms with Gasteiger partial charge in [0.1, 0.15) is 11.5 Å². The van der Waals surface area contributed by atoms with Gasteiger partial charge in [-0.25, -0.2) is 4.39 Å². The Kier molecular flexibility index (Phi) is 4.80. The van der Waals surface area contributed by atoms with Gasteiger partial charge in [-0.2, -0.15) is 0 Å². The van der Waals surface area contributed by atoms with E-state index < -0.39 is 17.6 Å². The molecule has 0 unspecified atom stereocenters. The quantitative estimate of drug-likeness (QED) is 0.763. The molecule has 2 N–H and O–H groups in total. The van der Waals surface area contributed by atoms with Crippen molar-refractivity contribution in [2.45, 2.75) is 0 Å². The van der Waals surface area contributed by atoms with Crippen LogP contribution in [0.5, 0.6) is 0 Å². The molecule has 3 rings (SSSR count). The van der Waals surface area contributed by atoms with Crippen molar-refractivity contribution in [2.24, 2.45) is 0 Å². The van der Waals surface area contributed by atoms with E-state index in [2.05, 4.69) is 15.6 Å². The van der Waals surface area contributed by atoms with Crippen molar-refractivity contribution in [1.82, 2.24) is 4.98 Å². The molecular formula is C19H14FN3O2. The number of rotatable bonds is 4. The predicted molar refractivity (Wildman–Crippen MR) is 93.0 cm³/mol. The highest BCUT2D eigenvalue weighted by Gasteiger charge is 2.13. The first kappa shape index (κ1) is 16.3. The Morgan fingerprint density at radius 3 is 2.32 bits per heavy atom. The maximum absolute atomic E-state index is 13.6. The lowest BCUT2D eigenvalue weighted by Crippen LogP contribution is -2.17. The van der Waals surface area contributed by atoms with Gasteiger partial charge in [-0.05, 0) is 36.4 Å². The number of benzene rings is 2. The van der Waals surface area contributed by atoms with Gasteiger partial charge in [-0.15, -0.1) is 0 Å². The fourth-order valence-corrected chi connectivity index (χ4v) is 2.17. The van der Waals surface area contributed by atoms with Crippen LogP contribution in [0.2, 0.25) is 0 Å². The zero-order chi connectivity index (χ0) is 17.6. The van der Waals surface area contributed by atoms with Crippen LogP contribution in [0.15, 0.2) is 72.9 Å². The molecule has 6 heteroatoms. The summed E-state index contributed by atoms with van der Waals surface area (Å²) in [4.78, 5) is 28.5. The van der Waals surface area contributed by atoms with Gasteiger partial charge >= 0.3 is 0 Å². The van der Waals surface area contributed by atoms with E-state index in [0.29, 0.717) is 5.69 Å². The van der Waals surface area contributed by atoms with Crippen molar-refractivity contribution in [3.05, 3.63) is 90.0 Å². The first-order valence-electron chi connectivity index (χ1n) is 7.52. The van der Waals surface area contributed by atoms with E-state index in [9.17, 15) is 14.0 Å². The Balaban J connectivity index is 1.76. The van der Waals surface area contributed by atoms with E-state index in [0.717, 1.165) is 0 Å². The van der Waals surface area contributed by atoms with Crippen LogP contribution in [0.25, 0.3) is 0 Å². The van der Waals surface area contributed by atoms with Gasteiger partial charge in [0.05, 0.1) is 5.69 Å². The summed E-state index contributed by atoms with van der Waals surface area (Å²) in [5.74, 6) is -1.50. The Labute approximate surface area is 143 Å². The van der Waals surface area contributed by atoms with E-state index in [1.807, 2.05) is 6.07 Å². The molecule has 0 aliphatic heterocycles. The summed E-state index contributed by atoms with van der Waals surface area (Å²) in [6.07, 6.45) is 1.36. The molecule has 5 nitrogen and oxygen atoms in total. The van der Waals surface area contributed by atoms with Gasteiger partial charge in [0.25, 0.3) is 11.8 Å². The number of nitrogens with one attached hydrogen (secondary N) is 2. The highest BCUT2D eigenvalue weighted by atomic mass is 19.1. The number of hydrogen-bond donors (Lipinski definition) is 2. The molecule has 2 aromatic carbocycles. The molecule has 0 bridgehead atoms. The standard InChI is InChI=1S/C19H14FN3O2/c20-15-8-4-5-9-16(15)23-18(24)13-10-11-21-17(12-13)19(25)22-14-6-2-1-3-7-14/h1-12H,(H,22,25)(H,23,24). The van der Waals surface area contributed by atoms with E-state index in [1.165, 1.54) is 36.5 Å². The Morgan fingerprint density at radius 2 is 1.56 bits per heavy atom. The average molecular weight is 335 g/mol. The molecule has 0 aliphatic rings. The van der Waals surface area contributed by atoms with Crippen molar-refractivity contribution >= 4 is 23.2 Å². The van der Waals surface area contributed by atoms with Crippen LogP contribution in [-0.2, 0) is 0 Å². The van der Waals surface area contributed by atoms with Crippen molar-refractivity contribution in [2.75, 3.05) is 10.6 Å². The lowest BCUT2D eigenvalue weighted by Gasteiger charge is -2.08. The SMILES string of the molecule is O=C(Nc1ccccc1F)c1ccnc(C(=O)Nc2ccccc2)c1. The third kappa shape index (κ3) is 4.06. The largest absolute Gasteiger partial charge is 0.321 e. The molecular weight excluding hydrogens is 321 g/mol. The van der Waals surface area contributed by atoms with Crippen LogP contribution in [0.1, 0.15) is 20.8 Å². The van der Waals surface area contributed by atoms with E-state index in [-0.39, 0.29) is 16.9 Å². The Bertz CT molecular complexity index is 913. The molecule has 0 atom stereocenters. The normalized spacial score (nSPS) is 10.1. The molecule has 25 heavy (non-hydrogen) atoms. The first-order chi connectivity index (χ1) is 12.1. The van der Waals surface area contributed by atoms with Gasteiger partial charge in [0, 0.05) is 17.4 Å². The van der Waals surface area contributed by atoms with E-state index in [4.69, 9.17) is 0 Å². The second kappa shape index (κ2) is 7.35. The zero-order valence-electron chi connectivity index (χ0n) is 13.1. The number of para-hydroxylation sites is 2. The molecule has 0 saturated heterocycles. The highest BCUT2D eigenvalue weighted by Crippen LogP contribution is 2.14. The number of amides is 2. The number of hydrogen-bond acceptors (Lipinski definition) is 3. The van der Waals surface area contributed by atoms with Crippen molar-refractivity contribution in [1.29, 1.82) is 0 Å². The maximum Gasteiger partial charge on any atom is 0.274 e. The summed E-state index contributed by atoms with van der Waals surface area (Å²) >= 11 is 0. The molecule has 3 aromatic rings. The summed E-state index contributed by atoms with van der Waals surface area (Å²) in [5.41, 5.74) is 0.983. The fourth-order valence-electron chi connectivity index (χ4n) is 2.17. The van der Waals surface area contributed by atoms with Crippen LogP contribution in [0, 0.1) is 5.82 Å². The molecule has 0 saturated carbocycles. The van der Waals surface area contributed by atoms with Crippen LogP contribution in [0.4, 0.5) is 15.8 Å². The van der Waals surface area contributed by atoms with Crippen molar-refractivity contribution in [3.8, 4) is 0 Å². The van der Waals surface area contributed by atoms with Crippen LogP contribution in [-0.4, -0.2) is 16.8 Å². The summed E-state index contributed by atoms with van der Waals surface area (Å²) in [7, 11) is 0. The van der Waals surface area contributed by atoms with Crippen LogP contribution in [0.3, 0.4) is 0 Å². The lowest BCUT2D eigenvalue weighted by molar-refractivity contribution is 0.102. The van der Waals surface area contributed by atoms with Crippen molar-refractivity contribution < 1.29 is 14.0 Å². The second-order valence-corrected chi connectivity index (χ2v) is 5.18. The van der Waals surface area contributed by atoms with E-state index in [1.54, 1.807) is 30.3 Å². The van der Waals surface area contributed by atoms with Gasteiger partial charge in [0.15, 0.2) is 0 Å². The summed E-state index contributed by atoms with van der Waals surface area (Å²) in [6, 6.07) is 17.6. The third-order valence-corrected chi connectivity index (χ3v) is 3.41. The molecule has 0 fully saturated rings. The third-order valence-electron chi connectivity index (χ3n) is 3.41. The molecule has 1 heterocycles. The predicted octanol–water partition coefficient (Wildman–Crippen LogP) is 3.73. The summed E-state index contributed by atoms with van der Waals surface area (Å²) < 4.78 is 13.6. The Hall–Kier alpha value is -3.54. The van der Waals surface area contributed by atoms with Crippen LogP contribution < -0.4 is 10.6 Å². The molecule has 0 spiro atoms. The number of halogens is 1. The summed E-state index contributed by atoms with van der Waals surface area (Å²) in [6.45, 7) is 0. The van der Waals surface area contributed by atoms with E-state index >= 15 is 0 Å². The minimum absolute atomic E-state index is 0.0691. The molecule has 1 aromatic heterocycles. The smallest absolute Gasteiger partial charge is 0.274 e. The molecule has 124 valence electrons. The number of aromatic nitrogens is 1. The zero-order valence-corrected chi connectivity index (χ0v) is 13.1.